The highest BCUT2D eigenvalue weighted by atomic mass is 32.2. The van der Waals surface area contributed by atoms with Gasteiger partial charge in [0.1, 0.15) is 17.5 Å². The molecule has 15 heteroatoms. The number of oxazole rings is 1. The fourth-order valence-electron chi connectivity index (χ4n) is 2.77. The van der Waals surface area contributed by atoms with Gasteiger partial charge in [0.25, 0.3) is 0 Å². The van der Waals surface area contributed by atoms with E-state index in [4.69, 9.17) is 10.2 Å². The second kappa shape index (κ2) is 7.67. The first-order valence-corrected chi connectivity index (χ1v) is 11.6. The Morgan fingerprint density at radius 1 is 1.19 bits per heavy atom. The number of sulfone groups is 1. The SMILES string of the molecule is CCS(=O)(=O)c1ccc(-n2cnc(N)n2)nc1-c1nc2cc(S(=O)C(F)(F)F)ccc2o1. The van der Waals surface area contributed by atoms with Gasteiger partial charge in [-0.3, -0.25) is 0 Å². The molecular formula is C17H13F3N6O4S2. The van der Waals surface area contributed by atoms with Crippen molar-refractivity contribution >= 4 is 37.7 Å². The number of nitrogen functional groups attached to an aromatic ring is 1. The van der Waals surface area contributed by atoms with Crippen LogP contribution in [0.3, 0.4) is 0 Å². The molecule has 0 bridgehead atoms. The van der Waals surface area contributed by atoms with Crippen LogP contribution in [0.2, 0.25) is 0 Å². The van der Waals surface area contributed by atoms with E-state index in [1.165, 1.54) is 36.1 Å². The topological polar surface area (TPSA) is 147 Å². The molecule has 0 amide bonds. The number of fused-ring (bicyclic) bond motifs is 1. The number of anilines is 1. The highest BCUT2D eigenvalue weighted by Gasteiger charge is 2.38. The molecule has 10 nitrogen and oxygen atoms in total. The van der Waals surface area contributed by atoms with Gasteiger partial charge in [0.05, 0.1) is 15.5 Å². The van der Waals surface area contributed by atoms with E-state index in [1.54, 1.807) is 0 Å². The van der Waals surface area contributed by atoms with Crippen molar-refractivity contribution in [2.24, 2.45) is 0 Å². The van der Waals surface area contributed by atoms with Gasteiger partial charge in [-0.2, -0.15) is 13.2 Å². The molecule has 0 spiro atoms. The Bertz CT molecular complexity index is 1460. The predicted molar refractivity (Wildman–Crippen MR) is 107 cm³/mol. The molecule has 2 N–H and O–H groups in total. The van der Waals surface area contributed by atoms with Crippen molar-refractivity contribution in [3.8, 4) is 17.4 Å². The van der Waals surface area contributed by atoms with Crippen molar-refractivity contribution in [3.05, 3.63) is 36.7 Å². The van der Waals surface area contributed by atoms with Crippen LogP contribution in [0.25, 0.3) is 28.5 Å². The van der Waals surface area contributed by atoms with E-state index in [1.807, 2.05) is 0 Å². The average Bonchev–Trinajstić information content (AvgIpc) is 3.37. The molecule has 0 radical (unpaired) electrons. The second-order valence-corrected chi connectivity index (χ2v) is 10.0. The second-order valence-electron chi connectivity index (χ2n) is 6.33. The van der Waals surface area contributed by atoms with E-state index in [0.29, 0.717) is 0 Å². The van der Waals surface area contributed by atoms with E-state index < -0.39 is 31.0 Å². The maximum Gasteiger partial charge on any atom is 0.475 e. The quantitative estimate of drug-likeness (QED) is 0.449. The number of alkyl halides is 3. The Morgan fingerprint density at radius 3 is 2.56 bits per heavy atom. The van der Waals surface area contributed by atoms with Crippen LogP contribution < -0.4 is 5.73 Å². The molecule has 4 rings (SSSR count). The highest BCUT2D eigenvalue weighted by Crippen LogP contribution is 2.32. The van der Waals surface area contributed by atoms with Gasteiger partial charge in [0.15, 0.2) is 32.0 Å². The minimum Gasteiger partial charge on any atom is -0.435 e. The fourth-order valence-corrected chi connectivity index (χ4v) is 4.46. The molecule has 0 saturated heterocycles. The van der Waals surface area contributed by atoms with Crippen LogP contribution in [0.5, 0.6) is 0 Å². The summed E-state index contributed by atoms with van der Waals surface area (Å²) in [6.07, 6.45) is 1.26. The summed E-state index contributed by atoms with van der Waals surface area (Å²) >= 11 is 0. The maximum atomic E-state index is 12.8. The molecule has 0 fully saturated rings. The first-order valence-electron chi connectivity index (χ1n) is 8.80. The molecule has 32 heavy (non-hydrogen) atoms. The Labute approximate surface area is 180 Å². The molecule has 3 heterocycles. The van der Waals surface area contributed by atoms with Crippen LogP contribution in [0.4, 0.5) is 19.1 Å². The van der Waals surface area contributed by atoms with Crippen LogP contribution in [0.15, 0.2) is 50.9 Å². The number of benzene rings is 1. The van der Waals surface area contributed by atoms with E-state index in [0.717, 1.165) is 12.1 Å². The average molecular weight is 486 g/mol. The van der Waals surface area contributed by atoms with Crippen molar-refractivity contribution in [2.45, 2.75) is 22.2 Å². The standard InChI is InChI=1S/C17H13F3N6O4S2/c1-2-32(28,29)12-5-6-13(26-8-22-16(21)25-26)24-14(12)15-23-10-7-9(3-4-11(10)30-15)31(27)17(18,19)20/h3-8H,2H2,1H3,(H2,21,25). The zero-order valence-electron chi connectivity index (χ0n) is 16.1. The zero-order chi connectivity index (χ0) is 23.3. The lowest BCUT2D eigenvalue weighted by Gasteiger charge is -2.08. The summed E-state index contributed by atoms with van der Waals surface area (Å²) in [5.74, 6) is -0.380. The van der Waals surface area contributed by atoms with Crippen LogP contribution >= 0.6 is 0 Å². The maximum absolute atomic E-state index is 12.8. The normalized spacial score (nSPS) is 13.5. The molecule has 0 saturated carbocycles. The van der Waals surface area contributed by atoms with E-state index >= 15 is 0 Å². The van der Waals surface area contributed by atoms with E-state index in [-0.39, 0.29) is 45.1 Å². The largest absolute Gasteiger partial charge is 0.475 e. The minimum atomic E-state index is -4.95. The number of halogens is 3. The molecule has 1 atom stereocenters. The molecule has 4 aromatic rings. The van der Waals surface area contributed by atoms with Gasteiger partial charge in [0.2, 0.25) is 11.8 Å². The number of hydrogen-bond donors (Lipinski definition) is 1. The summed E-state index contributed by atoms with van der Waals surface area (Å²) in [5.41, 5.74) is 0.391. The predicted octanol–water partition coefficient (Wildman–Crippen LogP) is 2.47. The van der Waals surface area contributed by atoms with Gasteiger partial charge in [-0.15, -0.1) is 5.10 Å². The summed E-state index contributed by atoms with van der Waals surface area (Å²) in [6, 6.07) is 5.79. The van der Waals surface area contributed by atoms with Crippen molar-refractivity contribution in [1.29, 1.82) is 0 Å². The van der Waals surface area contributed by atoms with Gasteiger partial charge in [0, 0.05) is 0 Å². The van der Waals surface area contributed by atoms with Crippen LogP contribution in [-0.2, 0) is 20.6 Å². The lowest BCUT2D eigenvalue weighted by molar-refractivity contribution is -0.0384. The van der Waals surface area contributed by atoms with Gasteiger partial charge in [-0.25, -0.2) is 32.3 Å². The van der Waals surface area contributed by atoms with Crippen LogP contribution in [-0.4, -0.2) is 48.6 Å². The van der Waals surface area contributed by atoms with Gasteiger partial charge < -0.3 is 10.2 Å². The van der Waals surface area contributed by atoms with Gasteiger partial charge in [-0.1, -0.05) is 6.92 Å². The molecule has 0 aliphatic heterocycles. The number of rotatable bonds is 5. The molecular weight excluding hydrogens is 473 g/mol. The van der Waals surface area contributed by atoms with Crippen molar-refractivity contribution in [3.63, 3.8) is 0 Å². The monoisotopic (exact) mass is 486 g/mol. The van der Waals surface area contributed by atoms with Crippen LogP contribution in [0.1, 0.15) is 6.92 Å². The fraction of sp³-hybridized carbons (Fsp3) is 0.176. The number of hydrogen-bond acceptors (Lipinski definition) is 9. The molecule has 0 aliphatic rings. The molecule has 1 aromatic carbocycles. The zero-order valence-corrected chi connectivity index (χ0v) is 17.7. The Kier molecular flexibility index (Phi) is 5.24. The molecule has 168 valence electrons. The lowest BCUT2D eigenvalue weighted by atomic mass is 10.3. The molecule has 3 aromatic heterocycles. The van der Waals surface area contributed by atoms with Crippen molar-refractivity contribution in [1.82, 2.24) is 24.7 Å². The minimum absolute atomic E-state index is 0.0364. The van der Waals surface area contributed by atoms with E-state index in [2.05, 4.69) is 20.1 Å². The van der Waals surface area contributed by atoms with E-state index in [9.17, 15) is 25.8 Å². The third kappa shape index (κ3) is 3.95. The van der Waals surface area contributed by atoms with Crippen molar-refractivity contribution < 1.29 is 30.2 Å². The van der Waals surface area contributed by atoms with Gasteiger partial charge in [-0.05, 0) is 30.3 Å². The first-order chi connectivity index (χ1) is 15.0. The third-order valence-corrected chi connectivity index (χ3v) is 7.15. The molecule has 1 unspecified atom stereocenters. The highest BCUT2D eigenvalue weighted by molar-refractivity contribution is 7.91. The summed E-state index contributed by atoms with van der Waals surface area (Å²) < 4.78 is 81.9. The summed E-state index contributed by atoms with van der Waals surface area (Å²) in [5, 5.41) is 3.90. The Morgan fingerprint density at radius 2 is 1.94 bits per heavy atom. The van der Waals surface area contributed by atoms with Crippen molar-refractivity contribution in [2.75, 3.05) is 11.5 Å². The lowest BCUT2D eigenvalue weighted by Crippen LogP contribution is -2.16. The Hall–Kier alpha value is -3.33. The summed E-state index contributed by atoms with van der Waals surface area (Å²) in [6.45, 7) is 1.44. The van der Waals surface area contributed by atoms with Gasteiger partial charge >= 0.3 is 5.51 Å². The van der Waals surface area contributed by atoms with Crippen LogP contribution in [0, 0.1) is 0 Å². The molecule has 0 aliphatic carbocycles. The summed E-state index contributed by atoms with van der Waals surface area (Å²) in [4.78, 5) is 11.4. The number of pyridine rings is 1. The summed E-state index contributed by atoms with van der Waals surface area (Å²) in [7, 11) is -7.04. The number of nitrogens with two attached hydrogens (primary N) is 1. The number of aromatic nitrogens is 5. The Balaban J connectivity index is 1.89. The smallest absolute Gasteiger partial charge is 0.435 e. The number of nitrogens with zero attached hydrogens (tertiary/aromatic N) is 5. The first kappa shape index (κ1) is 21.9. The third-order valence-electron chi connectivity index (χ3n) is 4.29.